The van der Waals surface area contributed by atoms with Crippen molar-refractivity contribution in [1.29, 1.82) is 0 Å². The SMILES string of the molecule is Cc1cc2[nH]c(=O)c(=O)[nH]c2c(C2CCN(C)CC2)c1C. The number of nitrogens with zero attached hydrogens (tertiary/aromatic N) is 1. The van der Waals surface area contributed by atoms with Crippen molar-refractivity contribution in [2.45, 2.75) is 32.6 Å². The lowest BCUT2D eigenvalue weighted by Gasteiger charge is -2.31. The predicted octanol–water partition coefficient (Wildman–Crippen LogP) is 1.64. The Kier molecular flexibility index (Phi) is 3.45. The van der Waals surface area contributed by atoms with E-state index in [0.717, 1.165) is 42.5 Å². The Morgan fingerprint density at radius 3 is 2.38 bits per heavy atom. The summed E-state index contributed by atoms with van der Waals surface area (Å²) in [6, 6.07) is 1.94. The molecule has 1 fully saturated rings. The summed E-state index contributed by atoms with van der Waals surface area (Å²) in [5.74, 6) is 0.435. The Bertz CT molecular complexity index is 795. The van der Waals surface area contributed by atoms with Crippen molar-refractivity contribution < 1.29 is 0 Å². The highest BCUT2D eigenvalue weighted by molar-refractivity contribution is 5.81. The van der Waals surface area contributed by atoms with E-state index >= 15 is 0 Å². The molecule has 2 aromatic rings. The number of aryl methyl sites for hydroxylation is 1. The quantitative estimate of drug-likeness (QED) is 0.783. The van der Waals surface area contributed by atoms with E-state index in [1.54, 1.807) is 0 Å². The maximum absolute atomic E-state index is 11.7. The topological polar surface area (TPSA) is 69.0 Å². The average Bonchev–Trinajstić information content (AvgIpc) is 2.44. The van der Waals surface area contributed by atoms with Crippen LogP contribution in [0.3, 0.4) is 0 Å². The minimum atomic E-state index is -0.583. The van der Waals surface area contributed by atoms with E-state index in [-0.39, 0.29) is 0 Å². The van der Waals surface area contributed by atoms with Crippen molar-refractivity contribution in [3.05, 3.63) is 43.5 Å². The van der Waals surface area contributed by atoms with Gasteiger partial charge >= 0.3 is 11.1 Å². The molecule has 3 rings (SSSR count). The molecule has 0 radical (unpaired) electrons. The van der Waals surface area contributed by atoms with Gasteiger partial charge in [-0.1, -0.05) is 0 Å². The molecule has 2 heterocycles. The summed E-state index contributed by atoms with van der Waals surface area (Å²) in [6.07, 6.45) is 2.16. The van der Waals surface area contributed by atoms with Crippen LogP contribution in [0.4, 0.5) is 0 Å². The minimum Gasteiger partial charge on any atom is -0.316 e. The van der Waals surface area contributed by atoms with Crippen LogP contribution >= 0.6 is 0 Å². The fraction of sp³-hybridized carbons (Fsp3) is 0.500. The Morgan fingerprint density at radius 1 is 1.10 bits per heavy atom. The molecule has 0 spiro atoms. The number of hydrogen-bond acceptors (Lipinski definition) is 3. The number of aromatic nitrogens is 2. The largest absolute Gasteiger partial charge is 0.316 e. The molecule has 5 heteroatoms. The zero-order valence-electron chi connectivity index (χ0n) is 12.7. The van der Waals surface area contributed by atoms with Gasteiger partial charge in [0.15, 0.2) is 0 Å². The van der Waals surface area contributed by atoms with E-state index in [9.17, 15) is 9.59 Å². The van der Waals surface area contributed by atoms with Gasteiger partial charge in [0.05, 0.1) is 11.0 Å². The molecule has 1 aliphatic heterocycles. The summed E-state index contributed by atoms with van der Waals surface area (Å²) in [5.41, 5.74) is 3.96. The zero-order chi connectivity index (χ0) is 15.1. The number of likely N-dealkylation sites (tertiary alicyclic amines) is 1. The molecule has 112 valence electrons. The van der Waals surface area contributed by atoms with E-state index in [1.165, 1.54) is 11.1 Å². The third-order valence-electron chi connectivity index (χ3n) is 4.71. The second-order valence-electron chi connectivity index (χ2n) is 6.14. The molecule has 5 nitrogen and oxygen atoms in total. The predicted molar refractivity (Wildman–Crippen MR) is 84.1 cm³/mol. The van der Waals surface area contributed by atoms with Crippen LogP contribution in [0.2, 0.25) is 0 Å². The van der Waals surface area contributed by atoms with E-state index in [0.29, 0.717) is 5.92 Å². The van der Waals surface area contributed by atoms with Crippen molar-refractivity contribution in [3.8, 4) is 0 Å². The van der Waals surface area contributed by atoms with Crippen molar-refractivity contribution >= 4 is 11.0 Å². The molecule has 1 aromatic heterocycles. The third-order valence-corrected chi connectivity index (χ3v) is 4.71. The lowest BCUT2D eigenvalue weighted by molar-refractivity contribution is 0.255. The molecule has 2 N–H and O–H groups in total. The van der Waals surface area contributed by atoms with Gasteiger partial charge in [0, 0.05) is 0 Å². The minimum absolute atomic E-state index is 0.435. The van der Waals surface area contributed by atoms with Gasteiger partial charge in [0.1, 0.15) is 0 Å². The number of fused-ring (bicyclic) bond motifs is 1. The zero-order valence-corrected chi connectivity index (χ0v) is 12.7. The van der Waals surface area contributed by atoms with Gasteiger partial charge in [0.2, 0.25) is 0 Å². The first kappa shape index (κ1) is 14.1. The maximum Gasteiger partial charge on any atom is 0.314 e. The molecule has 21 heavy (non-hydrogen) atoms. The number of piperidine rings is 1. The van der Waals surface area contributed by atoms with Crippen molar-refractivity contribution in [1.82, 2.24) is 14.9 Å². The molecule has 0 bridgehead atoms. The highest BCUT2D eigenvalue weighted by Crippen LogP contribution is 2.34. The molecule has 1 aromatic carbocycles. The third kappa shape index (κ3) is 2.42. The number of benzene rings is 1. The summed E-state index contributed by atoms with van der Waals surface area (Å²) in [6.45, 7) is 6.28. The van der Waals surface area contributed by atoms with Crippen LogP contribution in [0.25, 0.3) is 11.0 Å². The highest BCUT2D eigenvalue weighted by atomic mass is 16.2. The molecule has 0 unspecified atom stereocenters. The fourth-order valence-electron chi connectivity index (χ4n) is 3.33. The van der Waals surface area contributed by atoms with Gasteiger partial charge in [-0.15, -0.1) is 0 Å². The number of aromatic amines is 2. The number of nitrogens with one attached hydrogen (secondary N) is 2. The highest BCUT2D eigenvalue weighted by Gasteiger charge is 2.23. The van der Waals surface area contributed by atoms with Crippen LogP contribution in [-0.4, -0.2) is 35.0 Å². The first-order valence-electron chi connectivity index (χ1n) is 7.42. The van der Waals surface area contributed by atoms with Crippen LogP contribution in [0.1, 0.15) is 35.4 Å². The molecule has 1 aliphatic rings. The molecular formula is C16H21N3O2. The Morgan fingerprint density at radius 2 is 1.71 bits per heavy atom. The number of hydrogen-bond donors (Lipinski definition) is 2. The Labute approximate surface area is 123 Å². The van der Waals surface area contributed by atoms with Gasteiger partial charge in [-0.25, -0.2) is 0 Å². The van der Waals surface area contributed by atoms with Crippen LogP contribution < -0.4 is 11.1 Å². The first-order valence-corrected chi connectivity index (χ1v) is 7.42. The summed E-state index contributed by atoms with van der Waals surface area (Å²) >= 11 is 0. The molecule has 0 aliphatic carbocycles. The van der Waals surface area contributed by atoms with Crippen LogP contribution in [0.15, 0.2) is 15.7 Å². The fourth-order valence-corrected chi connectivity index (χ4v) is 3.33. The van der Waals surface area contributed by atoms with Gasteiger partial charge in [-0.05, 0) is 75.5 Å². The van der Waals surface area contributed by atoms with E-state index in [1.807, 2.05) is 6.07 Å². The molecule has 0 atom stereocenters. The second-order valence-corrected chi connectivity index (χ2v) is 6.14. The number of rotatable bonds is 1. The molecule has 0 saturated carbocycles. The summed E-state index contributed by atoms with van der Waals surface area (Å²) < 4.78 is 0. The average molecular weight is 287 g/mol. The molecular weight excluding hydrogens is 266 g/mol. The van der Waals surface area contributed by atoms with Crippen LogP contribution in [0, 0.1) is 13.8 Å². The van der Waals surface area contributed by atoms with Gasteiger partial charge < -0.3 is 14.9 Å². The smallest absolute Gasteiger partial charge is 0.314 e. The molecule has 0 amide bonds. The summed E-state index contributed by atoms with van der Waals surface area (Å²) in [5, 5.41) is 0. The first-order chi connectivity index (χ1) is 9.97. The Balaban J connectivity index is 2.24. The second kappa shape index (κ2) is 5.15. The maximum atomic E-state index is 11.7. The Hall–Kier alpha value is -1.88. The molecule has 1 saturated heterocycles. The monoisotopic (exact) mass is 287 g/mol. The van der Waals surface area contributed by atoms with Crippen molar-refractivity contribution in [2.75, 3.05) is 20.1 Å². The van der Waals surface area contributed by atoms with Crippen molar-refractivity contribution in [2.24, 2.45) is 0 Å². The van der Waals surface area contributed by atoms with Crippen molar-refractivity contribution in [3.63, 3.8) is 0 Å². The standard InChI is InChI=1S/C16H21N3O2/c1-9-8-12-14(18-16(21)15(20)17-12)13(10(9)2)11-4-6-19(3)7-5-11/h8,11H,4-7H2,1-3H3,(H,17,20)(H,18,21). The van der Waals surface area contributed by atoms with Gasteiger partial charge in [-0.3, -0.25) is 9.59 Å². The van der Waals surface area contributed by atoms with Gasteiger partial charge in [0.25, 0.3) is 0 Å². The lowest BCUT2D eigenvalue weighted by Crippen LogP contribution is -2.31. The van der Waals surface area contributed by atoms with E-state index in [4.69, 9.17) is 0 Å². The number of H-pyrrole nitrogens is 2. The van der Waals surface area contributed by atoms with Gasteiger partial charge in [-0.2, -0.15) is 0 Å². The van der Waals surface area contributed by atoms with Crippen LogP contribution in [0.5, 0.6) is 0 Å². The van der Waals surface area contributed by atoms with E-state index in [2.05, 4.69) is 35.8 Å². The lowest BCUT2D eigenvalue weighted by atomic mass is 9.84. The normalized spacial score (nSPS) is 17.5. The summed E-state index contributed by atoms with van der Waals surface area (Å²) in [7, 11) is 2.14. The van der Waals surface area contributed by atoms with Crippen LogP contribution in [-0.2, 0) is 0 Å². The van der Waals surface area contributed by atoms with E-state index < -0.39 is 11.1 Å². The summed E-state index contributed by atoms with van der Waals surface area (Å²) in [4.78, 5) is 31.1.